The Balaban J connectivity index is 1.36. The largest absolute Gasteiger partial charge is 0.495 e. The van der Waals surface area contributed by atoms with E-state index in [0.29, 0.717) is 35.0 Å². The van der Waals surface area contributed by atoms with Gasteiger partial charge in [-0.2, -0.15) is 10.2 Å². The highest BCUT2D eigenvalue weighted by Gasteiger charge is 2.30. The van der Waals surface area contributed by atoms with Gasteiger partial charge in [0.05, 0.1) is 31.7 Å². The average molecular weight is 473 g/mol. The number of aromatic nitrogens is 6. The molecular formula is C25H21F2N7O. The first kappa shape index (κ1) is 21.2. The van der Waals surface area contributed by atoms with Crippen molar-refractivity contribution in [3.8, 4) is 22.6 Å². The fourth-order valence-corrected chi connectivity index (χ4v) is 4.60. The SMILES string of the molecule is COc1cncc(-c2cnn(-c3cnn4ccc(N5CCCC5c5cc(F)ccc5F)nc34)c2)c1. The topological polar surface area (TPSA) is 73.4 Å². The zero-order valence-corrected chi connectivity index (χ0v) is 18.8. The number of ether oxygens (including phenoxy) is 1. The van der Waals surface area contributed by atoms with Gasteiger partial charge < -0.3 is 9.64 Å². The molecule has 1 aliphatic rings. The van der Waals surface area contributed by atoms with Crippen LogP contribution in [-0.4, -0.2) is 43.0 Å². The van der Waals surface area contributed by atoms with E-state index in [1.54, 1.807) is 41.1 Å². The van der Waals surface area contributed by atoms with E-state index in [9.17, 15) is 8.78 Å². The summed E-state index contributed by atoms with van der Waals surface area (Å²) >= 11 is 0. The molecule has 1 saturated heterocycles. The Morgan fingerprint density at radius 3 is 2.80 bits per heavy atom. The molecule has 6 rings (SSSR count). The van der Waals surface area contributed by atoms with E-state index < -0.39 is 11.6 Å². The maximum atomic E-state index is 14.5. The van der Waals surface area contributed by atoms with Crippen LogP contribution in [0, 0.1) is 11.6 Å². The Bertz CT molecular complexity index is 1530. The first-order valence-corrected chi connectivity index (χ1v) is 11.2. The Kier molecular flexibility index (Phi) is 5.13. The predicted octanol–water partition coefficient (Wildman–Crippen LogP) is 4.61. The Morgan fingerprint density at radius 2 is 1.91 bits per heavy atom. The van der Waals surface area contributed by atoms with Crippen molar-refractivity contribution in [1.29, 1.82) is 0 Å². The molecule has 1 aliphatic heterocycles. The molecule has 10 heteroatoms. The first-order valence-electron chi connectivity index (χ1n) is 11.2. The molecule has 5 aromatic rings. The third-order valence-electron chi connectivity index (χ3n) is 6.31. The number of methoxy groups -OCH3 is 1. The molecule has 0 spiro atoms. The van der Waals surface area contributed by atoms with Crippen molar-refractivity contribution >= 4 is 11.5 Å². The van der Waals surface area contributed by atoms with E-state index in [2.05, 4.69) is 15.2 Å². The molecule has 0 N–H and O–H groups in total. The number of nitrogens with zero attached hydrogens (tertiary/aromatic N) is 7. The number of fused-ring (bicyclic) bond motifs is 1. The molecular weight excluding hydrogens is 452 g/mol. The number of hydrogen-bond acceptors (Lipinski definition) is 6. The summed E-state index contributed by atoms with van der Waals surface area (Å²) in [5.74, 6) is 0.475. The summed E-state index contributed by atoms with van der Waals surface area (Å²) in [6.07, 6.45) is 12.1. The molecule has 35 heavy (non-hydrogen) atoms. The van der Waals surface area contributed by atoms with Crippen molar-refractivity contribution in [3.63, 3.8) is 0 Å². The summed E-state index contributed by atoms with van der Waals surface area (Å²) in [6, 6.07) is 7.04. The molecule has 0 radical (unpaired) electrons. The fraction of sp³-hybridized carbons (Fsp3) is 0.200. The second-order valence-corrected chi connectivity index (χ2v) is 8.39. The molecule has 4 aromatic heterocycles. The molecule has 1 atom stereocenters. The van der Waals surface area contributed by atoms with Gasteiger partial charge in [-0.1, -0.05) is 0 Å². The van der Waals surface area contributed by atoms with Crippen molar-refractivity contribution in [2.45, 2.75) is 18.9 Å². The van der Waals surface area contributed by atoms with Crippen LogP contribution < -0.4 is 9.64 Å². The predicted molar refractivity (Wildman–Crippen MR) is 126 cm³/mol. The van der Waals surface area contributed by atoms with Crippen LogP contribution in [0.4, 0.5) is 14.6 Å². The summed E-state index contributed by atoms with van der Waals surface area (Å²) in [5.41, 5.74) is 3.39. The van der Waals surface area contributed by atoms with Crippen molar-refractivity contribution in [1.82, 2.24) is 29.4 Å². The highest BCUT2D eigenvalue weighted by Crippen LogP contribution is 2.37. The van der Waals surface area contributed by atoms with E-state index in [4.69, 9.17) is 9.72 Å². The summed E-state index contributed by atoms with van der Waals surface area (Å²) in [5, 5.41) is 8.91. The third kappa shape index (κ3) is 3.76. The molecule has 0 amide bonds. The lowest BCUT2D eigenvalue weighted by Gasteiger charge is -2.26. The van der Waals surface area contributed by atoms with Crippen LogP contribution in [0.2, 0.25) is 0 Å². The van der Waals surface area contributed by atoms with Gasteiger partial charge in [0.25, 0.3) is 0 Å². The number of pyridine rings is 1. The van der Waals surface area contributed by atoms with E-state index in [1.165, 1.54) is 12.1 Å². The number of benzene rings is 1. The van der Waals surface area contributed by atoms with Crippen LogP contribution in [0.25, 0.3) is 22.5 Å². The van der Waals surface area contributed by atoms with Gasteiger partial charge in [0.1, 0.15) is 28.9 Å². The number of rotatable bonds is 5. The second kappa shape index (κ2) is 8.46. The lowest BCUT2D eigenvalue weighted by molar-refractivity contribution is 0.413. The van der Waals surface area contributed by atoms with Crippen molar-refractivity contribution in [2.24, 2.45) is 0 Å². The van der Waals surface area contributed by atoms with Crippen LogP contribution in [-0.2, 0) is 0 Å². The lowest BCUT2D eigenvalue weighted by Crippen LogP contribution is -2.24. The Morgan fingerprint density at radius 1 is 1.00 bits per heavy atom. The van der Waals surface area contributed by atoms with Crippen LogP contribution in [0.5, 0.6) is 5.75 Å². The molecule has 5 heterocycles. The minimum absolute atomic E-state index is 0.288. The standard InChI is InChI=1S/C25H21F2N7O/c1-35-19-9-16(11-28-13-19)17-12-29-34(15-17)23-14-30-33-8-6-24(31-25(23)33)32-7-2-3-22(32)20-10-18(26)4-5-21(20)27/h4-6,8-15,22H,2-3,7H2,1H3. The molecule has 8 nitrogen and oxygen atoms in total. The van der Waals surface area contributed by atoms with Gasteiger partial charge in [-0.05, 0) is 43.2 Å². The monoisotopic (exact) mass is 473 g/mol. The zero-order chi connectivity index (χ0) is 23.9. The summed E-state index contributed by atoms with van der Waals surface area (Å²) in [6.45, 7) is 0.696. The van der Waals surface area contributed by atoms with Gasteiger partial charge in [0, 0.05) is 41.8 Å². The van der Waals surface area contributed by atoms with Crippen molar-refractivity contribution in [2.75, 3.05) is 18.6 Å². The first-order chi connectivity index (χ1) is 17.1. The number of hydrogen-bond donors (Lipinski definition) is 0. The number of halogens is 2. The Labute approximate surface area is 199 Å². The van der Waals surface area contributed by atoms with E-state index in [0.717, 1.165) is 30.0 Å². The van der Waals surface area contributed by atoms with E-state index in [1.807, 2.05) is 29.4 Å². The van der Waals surface area contributed by atoms with Crippen LogP contribution >= 0.6 is 0 Å². The highest BCUT2D eigenvalue weighted by molar-refractivity contribution is 5.66. The van der Waals surface area contributed by atoms with Crippen LogP contribution in [0.1, 0.15) is 24.4 Å². The zero-order valence-electron chi connectivity index (χ0n) is 18.8. The van der Waals surface area contributed by atoms with Gasteiger partial charge in [0.2, 0.25) is 0 Å². The Hall–Kier alpha value is -4.34. The fourth-order valence-electron chi connectivity index (χ4n) is 4.60. The van der Waals surface area contributed by atoms with Gasteiger partial charge in [0.15, 0.2) is 5.65 Å². The molecule has 0 bridgehead atoms. The maximum Gasteiger partial charge on any atom is 0.183 e. The van der Waals surface area contributed by atoms with Gasteiger partial charge in [-0.3, -0.25) is 4.98 Å². The van der Waals surface area contributed by atoms with E-state index in [-0.39, 0.29) is 6.04 Å². The molecule has 1 unspecified atom stereocenters. The molecule has 1 fully saturated rings. The minimum atomic E-state index is -0.449. The van der Waals surface area contributed by atoms with Crippen LogP contribution in [0.3, 0.4) is 0 Å². The lowest BCUT2D eigenvalue weighted by atomic mass is 10.0. The minimum Gasteiger partial charge on any atom is -0.495 e. The molecule has 176 valence electrons. The van der Waals surface area contributed by atoms with Crippen molar-refractivity contribution < 1.29 is 13.5 Å². The van der Waals surface area contributed by atoms with Gasteiger partial charge in [-0.25, -0.2) is 23.0 Å². The van der Waals surface area contributed by atoms with E-state index >= 15 is 0 Å². The average Bonchev–Trinajstić information content (AvgIpc) is 3.64. The highest BCUT2D eigenvalue weighted by atomic mass is 19.1. The van der Waals surface area contributed by atoms with Crippen molar-refractivity contribution in [3.05, 3.63) is 84.7 Å². The summed E-state index contributed by atoms with van der Waals surface area (Å²) in [4.78, 5) is 11.1. The van der Waals surface area contributed by atoms with Gasteiger partial charge in [-0.15, -0.1) is 0 Å². The normalized spacial score (nSPS) is 15.7. The molecule has 0 aliphatic carbocycles. The third-order valence-corrected chi connectivity index (χ3v) is 6.31. The second-order valence-electron chi connectivity index (χ2n) is 8.39. The molecule has 0 saturated carbocycles. The molecule has 1 aromatic carbocycles. The summed E-state index contributed by atoms with van der Waals surface area (Å²) < 4.78 is 37.1. The smallest absolute Gasteiger partial charge is 0.183 e. The summed E-state index contributed by atoms with van der Waals surface area (Å²) in [7, 11) is 1.60. The van der Waals surface area contributed by atoms with Gasteiger partial charge >= 0.3 is 0 Å². The van der Waals surface area contributed by atoms with Crippen LogP contribution in [0.15, 0.2) is 67.5 Å². The number of anilines is 1. The maximum absolute atomic E-state index is 14.5. The quantitative estimate of drug-likeness (QED) is 0.371.